The molecule has 0 aliphatic heterocycles. The zero-order valence-corrected chi connectivity index (χ0v) is 13.4. The molecule has 2 aromatic rings. The quantitative estimate of drug-likeness (QED) is 0.845. The topological polar surface area (TPSA) is 21.3 Å². The van der Waals surface area contributed by atoms with E-state index in [1.165, 1.54) is 16.7 Å². The van der Waals surface area contributed by atoms with Gasteiger partial charge in [0.25, 0.3) is 0 Å². The highest BCUT2D eigenvalue weighted by molar-refractivity contribution is 5.38. The highest BCUT2D eigenvalue weighted by atomic mass is 16.5. The van der Waals surface area contributed by atoms with E-state index in [9.17, 15) is 0 Å². The monoisotopic (exact) mass is 283 g/mol. The van der Waals surface area contributed by atoms with Crippen LogP contribution in [0.15, 0.2) is 48.5 Å². The molecule has 1 N–H and O–H groups in total. The van der Waals surface area contributed by atoms with Crippen molar-refractivity contribution in [2.24, 2.45) is 0 Å². The van der Waals surface area contributed by atoms with E-state index < -0.39 is 0 Å². The molecule has 0 radical (unpaired) electrons. The lowest BCUT2D eigenvalue weighted by Gasteiger charge is -2.21. The van der Waals surface area contributed by atoms with Gasteiger partial charge in [-0.2, -0.15) is 0 Å². The average molecular weight is 283 g/mol. The van der Waals surface area contributed by atoms with Gasteiger partial charge in [-0.1, -0.05) is 56.3 Å². The van der Waals surface area contributed by atoms with Crippen molar-refractivity contribution in [3.8, 4) is 5.75 Å². The van der Waals surface area contributed by atoms with Crippen molar-refractivity contribution in [2.75, 3.05) is 13.6 Å². The van der Waals surface area contributed by atoms with E-state index in [1.807, 2.05) is 13.1 Å². The maximum absolute atomic E-state index is 6.30. The third-order valence-corrected chi connectivity index (χ3v) is 3.71. The molecular weight excluding hydrogens is 258 g/mol. The minimum atomic E-state index is 0.0253. The molecule has 2 heteroatoms. The van der Waals surface area contributed by atoms with Gasteiger partial charge in [0.1, 0.15) is 11.9 Å². The molecule has 2 aromatic carbocycles. The van der Waals surface area contributed by atoms with Crippen molar-refractivity contribution >= 4 is 0 Å². The summed E-state index contributed by atoms with van der Waals surface area (Å²) in [5, 5.41) is 3.22. The molecule has 112 valence electrons. The van der Waals surface area contributed by atoms with Gasteiger partial charge in [-0.3, -0.25) is 0 Å². The number of hydrogen-bond acceptors (Lipinski definition) is 2. The fourth-order valence-corrected chi connectivity index (χ4v) is 2.34. The van der Waals surface area contributed by atoms with Crippen LogP contribution in [0.2, 0.25) is 0 Å². The Morgan fingerprint density at radius 3 is 2.33 bits per heavy atom. The Bertz CT molecular complexity index is 563. The summed E-state index contributed by atoms with van der Waals surface area (Å²) in [5.41, 5.74) is 3.68. The summed E-state index contributed by atoms with van der Waals surface area (Å²) >= 11 is 0. The van der Waals surface area contributed by atoms with Crippen LogP contribution in [0.5, 0.6) is 5.75 Å². The molecule has 0 aromatic heterocycles. The van der Waals surface area contributed by atoms with Gasteiger partial charge < -0.3 is 10.1 Å². The van der Waals surface area contributed by atoms with Crippen molar-refractivity contribution in [1.29, 1.82) is 0 Å². The second kappa shape index (κ2) is 7.28. The van der Waals surface area contributed by atoms with Crippen LogP contribution in [0, 0.1) is 6.92 Å². The molecule has 0 spiro atoms. The molecule has 0 saturated carbocycles. The first-order chi connectivity index (χ1) is 10.1. The van der Waals surface area contributed by atoms with Crippen molar-refractivity contribution in [1.82, 2.24) is 5.32 Å². The zero-order chi connectivity index (χ0) is 15.2. The molecule has 0 bridgehead atoms. The van der Waals surface area contributed by atoms with Gasteiger partial charge in [-0.15, -0.1) is 0 Å². The van der Waals surface area contributed by atoms with Crippen LogP contribution in [0.4, 0.5) is 0 Å². The summed E-state index contributed by atoms with van der Waals surface area (Å²) in [7, 11) is 1.96. The smallest absolute Gasteiger partial charge is 0.136 e. The molecule has 0 aliphatic carbocycles. The van der Waals surface area contributed by atoms with E-state index in [4.69, 9.17) is 4.74 Å². The highest BCUT2D eigenvalue weighted by Gasteiger charge is 2.14. The third kappa shape index (κ3) is 4.08. The first-order valence-electron chi connectivity index (χ1n) is 7.58. The molecule has 2 nitrogen and oxygen atoms in total. The summed E-state index contributed by atoms with van der Waals surface area (Å²) in [6, 6.07) is 16.9. The fraction of sp³-hybridized carbons (Fsp3) is 0.368. The Kier molecular flexibility index (Phi) is 5.40. The van der Waals surface area contributed by atoms with Crippen molar-refractivity contribution in [3.05, 3.63) is 65.2 Å². The van der Waals surface area contributed by atoms with Gasteiger partial charge in [0.2, 0.25) is 0 Å². The molecule has 1 atom stereocenters. The summed E-state index contributed by atoms with van der Waals surface area (Å²) < 4.78 is 6.30. The number of hydrogen-bond donors (Lipinski definition) is 1. The van der Waals surface area contributed by atoms with Gasteiger partial charge in [0.05, 0.1) is 0 Å². The van der Waals surface area contributed by atoms with Crippen molar-refractivity contribution in [2.45, 2.75) is 32.8 Å². The number of nitrogens with one attached hydrogen (secondary N) is 1. The van der Waals surface area contributed by atoms with E-state index in [2.05, 4.69) is 68.6 Å². The summed E-state index contributed by atoms with van der Waals surface area (Å²) in [4.78, 5) is 0. The predicted octanol–water partition coefficient (Wildman–Crippen LogP) is 4.46. The zero-order valence-electron chi connectivity index (χ0n) is 13.4. The summed E-state index contributed by atoms with van der Waals surface area (Å²) in [6.45, 7) is 7.30. The lowest BCUT2D eigenvalue weighted by Crippen LogP contribution is -2.22. The Morgan fingerprint density at radius 1 is 1.00 bits per heavy atom. The SMILES string of the molecule is CNCC(Oc1cc(C(C)C)ccc1C)c1ccccc1. The van der Waals surface area contributed by atoms with E-state index >= 15 is 0 Å². The lowest BCUT2D eigenvalue weighted by molar-refractivity contribution is 0.203. The molecule has 0 heterocycles. The standard InChI is InChI=1S/C19H25NO/c1-14(2)17-11-10-15(3)18(12-17)21-19(13-20-4)16-8-6-5-7-9-16/h5-12,14,19-20H,13H2,1-4H3. The molecule has 0 saturated heterocycles. The van der Waals surface area contributed by atoms with Gasteiger partial charge in [-0.25, -0.2) is 0 Å². The van der Waals surface area contributed by atoms with Gasteiger partial charge in [-0.05, 0) is 42.6 Å². The van der Waals surface area contributed by atoms with Crippen LogP contribution in [-0.4, -0.2) is 13.6 Å². The average Bonchev–Trinajstić information content (AvgIpc) is 2.49. The van der Waals surface area contributed by atoms with E-state index in [0.717, 1.165) is 12.3 Å². The molecule has 0 amide bonds. The fourth-order valence-electron chi connectivity index (χ4n) is 2.34. The Balaban J connectivity index is 2.26. The number of likely N-dealkylation sites (N-methyl/N-ethyl adjacent to an activating group) is 1. The van der Waals surface area contributed by atoms with Gasteiger partial charge in [0, 0.05) is 6.54 Å². The van der Waals surface area contributed by atoms with Crippen LogP contribution in [0.25, 0.3) is 0 Å². The van der Waals surface area contributed by atoms with E-state index in [0.29, 0.717) is 5.92 Å². The van der Waals surface area contributed by atoms with Crippen LogP contribution in [-0.2, 0) is 0 Å². The van der Waals surface area contributed by atoms with Crippen molar-refractivity contribution in [3.63, 3.8) is 0 Å². The third-order valence-electron chi connectivity index (χ3n) is 3.71. The predicted molar refractivity (Wildman–Crippen MR) is 89.0 cm³/mol. The normalized spacial score (nSPS) is 12.4. The maximum atomic E-state index is 6.30. The van der Waals surface area contributed by atoms with Crippen molar-refractivity contribution < 1.29 is 4.74 Å². The summed E-state index contributed by atoms with van der Waals surface area (Å²) in [5.74, 6) is 1.48. The first-order valence-corrected chi connectivity index (χ1v) is 7.58. The molecule has 0 aliphatic rings. The maximum Gasteiger partial charge on any atom is 0.136 e. The minimum absolute atomic E-state index is 0.0253. The van der Waals surface area contributed by atoms with E-state index in [1.54, 1.807) is 0 Å². The van der Waals surface area contributed by atoms with Crippen LogP contribution < -0.4 is 10.1 Å². The second-order valence-corrected chi connectivity index (χ2v) is 5.75. The number of aryl methyl sites for hydroxylation is 1. The molecule has 2 rings (SSSR count). The highest BCUT2D eigenvalue weighted by Crippen LogP contribution is 2.28. The Hall–Kier alpha value is -1.80. The molecule has 21 heavy (non-hydrogen) atoms. The molecule has 0 fully saturated rings. The van der Waals surface area contributed by atoms with E-state index in [-0.39, 0.29) is 6.10 Å². The van der Waals surface area contributed by atoms with Crippen LogP contribution >= 0.6 is 0 Å². The number of rotatable bonds is 6. The number of ether oxygens (including phenoxy) is 1. The first kappa shape index (κ1) is 15.6. The number of benzene rings is 2. The largest absolute Gasteiger partial charge is 0.484 e. The van der Waals surface area contributed by atoms with Gasteiger partial charge >= 0.3 is 0 Å². The summed E-state index contributed by atoms with van der Waals surface area (Å²) in [6.07, 6.45) is 0.0253. The second-order valence-electron chi connectivity index (χ2n) is 5.75. The molecule has 1 unspecified atom stereocenters. The van der Waals surface area contributed by atoms with Gasteiger partial charge in [0.15, 0.2) is 0 Å². The lowest BCUT2D eigenvalue weighted by atomic mass is 10.0. The molecular formula is C19H25NO. The Morgan fingerprint density at radius 2 is 1.71 bits per heavy atom. The minimum Gasteiger partial charge on any atom is -0.484 e. The van der Waals surface area contributed by atoms with Crippen LogP contribution in [0.1, 0.15) is 42.6 Å². The Labute approximate surface area is 128 Å². The van der Waals surface area contributed by atoms with Crippen LogP contribution in [0.3, 0.4) is 0 Å².